The van der Waals surface area contributed by atoms with Gasteiger partial charge in [-0.15, -0.1) is 0 Å². The molecule has 1 N–H and O–H groups in total. The average molecular weight is 189 g/mol. The maximum Gasteiger partial charge on any atom is 0.237 e. The zero-order valence-corrected chi connectivity index (χ0v) is 7.95. The maximum atomic E-state index is 11.9. The van der Waals surface area contributed by atoms with Gasteiger partial charge >= 0.3 is 0 Å². The third-order valence-corrected chi connectivity index (χ3v) is 3.32. The summed E-state index contributed by atoms with van der Waals surface area (Å²) >= 11 is 0. The molecule has 14 heavy (non-hydrogen) atoms. The lowest BCUT2D eigenvalue weighted by atomic mass is 9.98. The smallest absolute Gasteiger partial charge is 0.237 e. The van der Waals surface area contributed by atoms with E-state index >= 15 is 0 Å². The van der Waals surface area contributed by atoms with Crippen LogP contribution in [-0.4, -0.2) is 18.1 Å². The van der Waals surface area contributed by atoms with Crippen LogP contribution < -0.4 is 4.90 Å². The second kappa shape index (κ2) is 2.11. The number of rotatable bonds is 0. The van der Waals surface area contributed by atoms with Gasteiger partial charge in [-0.25, -0.2) is 0 Å². The fourth-order valence-corrected chi connectivity index (χ4v) is 2.36. The average Bonchev–Trinajstić information content (AvgIpc) is 2.93. The summed E-state index contributed by atoms with van der Waals surface area (Å²) in [6, 6.07) is 5.20. The number of hydrogen-bond acceptors (Lipinski definition) is 2. The highest BCUT2D eigenvalue weighted by Gasteiger charge is 2.58. The third-order valence-electron chi connectivity index (χ3n) is 3.32. The number of carbonyl (C=O) groups excluding carboxylic acids is 1. The van der Waals surface area contributed by atoms with Gasteiger partial charge in [-0.1, -0.05) is 6.07 Å². The highest BCUT2D eigenvalue weighted by Crippen LogP contribution is 2.57. The maximum absolute atomic E-state index is 11.9. The molecule has 1 aromatic carbocycles. The van der Waals surface area contributed by atoms with E-state index in [1.165, 1.54) is 0 Å². The van der Waals surface area contributed by atoms with Crippen LogP contribution in [0.4, 0.5) is 5.69 Å². The van der Waals surface area contributed by atoms with Gasteiger partial charge in [0.1, 0.15) is 5.75 Å². The molecule has 0 bridgehead atoms. The van der Waals surface area contributed by atoms with E-state index in [1.807, 2.05) is 6.07 Å². The highest BCUT2D eigenvalue weighted by atomic mass is 16.3. The van der Waals surface area contributed by atoms with E-state index in [1.54, 1.807) is 24.1 Å². The quantitative estimate of drug-likeness (QED) is 0.670. The minimum Gasteiger partial charge on any atom is -0.508 e. The molecule has 0 unspecified atom stereocenters. The Morgan fingerprint density at radius 2 is 2.14 bits per heavy atom. The molecular weight excluding hydrogens is 178 g/mol. The van der Waals surface area contributed by atoms with Crippen molar-refractivity contribution in [1.82, 2.24) is 0 Å². The van der Waals surface area contributed by atoms with Gasteiger partial charge in [0, 0.05) is 13.1 Å². The number of nitrogens with zero attached hydrogens (tertiary/aromatic N) is 1. The molecule has 1 aliphatic carbocycles. The van der Waals surface area contributed by atoms with Crippen LogP contribution in [0.1, 0.15) is 18.4 Å². The molecule has 0 aromatic heterocycles. The minimum atomic E-state index is -0.224. The van der Waals surface area contributed by atoms with E-state index < -0.39 is 0 Å². The van der Waals surface area contributed by atoms with Crippen LogP contribution in [0.15, 0.2) is 18.2 Å². The molecular formula is C11H11NO2. The van der Waals surface area contributed by atoms with Crippen molar-refractivity contribution in [3.05, 3.63) is 23.8 Å². The molecule has 0 atom stereocenters. The van der Waals surface area contributed by atoms with Crippen molar-refractivity contribution in [3.63, 3.8) is 0 Å². The van der Waals surface area contributed by atoms with E-state index in [-0.39, 0.29) is 17.1 Å². The van der Waals surface area contributed by atoms with E-state index in [2.05, 4.69) is 0 Å². The number of aromatic hydroxyl groups is 1. The first-order valence-corrected chi connectivity index (χ1v) is 4.77. The molecule has 1 heterocycles. The van der Waals surface area contributed by atoms with Crippen LogP contribution >= 0.6 is 0 Å². The number of hydrogen-bond donors (Lipinski definition) is 1. The van der Waals surface area contributed by atoms with Crippen molar-refractivity contribution in [2.24, 2.45) is 0 Å². The molecule has 1 spiro atoms. The van der Waals surface area contributed by atoms with Crippen molar-refractivity contribution >= 4 is 11.6 Å². The van der Waals surface area contributed by atoms with Crippen LogP contribution in [0, 0.1) is 0 Å². The largest absolute Gasteiger partial charge is 0.508 e. The molecule has 2 aliphatic rings. The molecule has 72 valence electrons. The molecule has 1 saturated carbocycles. The number of phenolic OH excluding ortho intramolecular Hbond substituents is 1. The van der Waals surface area contributed by atoms with E-state index in [0.717, 1.165) is 24.1 Å². The molecule has 1 amide bonds. The summed E-state index contributed by atoms with van der Waals surface area (Å²) in [6.07, 6.45) is 1.90. The van der Waals surface area contributed by atoms with Gasteiger partial charge in [-0.05, 0) is 24.5 Å². The van der Waals surface area contributed by atoms with Crippen LogP contribution in [0.5, 0.6) is 5.75 Å². The van der Waals surface area contributed by atoms with Crippen molar-refractivity contribution < 1.29 is 9.90 Å². The Kier molecular flexibility index (Phi) is 1.18. The van der Waals surface area contributed by atoms with Crippen molar-refractivity contribution in [2.75, 3.05) is 11.9 Å². The number of phenols is 1. The number of fused-ring (bicyclic) bond motifs is 2. The normalized spacial score (nSPS) is 21.5. The van der Waals surface area contributed by atoms with Gasteiger partial charge in [-0.2, -0.15) is 0 Å². The monoisotopic (exact) mass is 189 g/mol. The first-order chi connectivity index (χ1) is 6.65. The number of carbonyl (C=O) groups is 1. The molecule has 1 aromatic rings. The third kappa shape index (κ3) is 0.710. The second-order valence-electron chi connectivity index (χ2n) is 4.15. The summed E-state index contributed by atoms with van der Waals surface area (Å²) in [5.74, 6) is 0.402. The first kappa shape index (κ1) is 7.85. The second-order valence-corrected chi connectivity index (χ2v) is 4.15. The highest BCUT2D eigenvalue weighted by molar-refractivity contribution is 6.09. The summed E-state index contributed by atoms with van der Waals surface area (Å²) in [5, 5.41) is 9.35. The Morgan fingerprint density at radius 3 is 2.79 bits per heavy atom. The summed E-state index contributed by atoms with van der Waals surface area (Å²) in [6.45, 7) is 0. The van der Waals surface area contributed by atoms with Gasteiger partial charge in [0.2, 0.25) is 5.91 Å². The standard InChI is InChI=1S/C11H11NO2/c1-12-9-6-7(13)2-3-8(9)11(4-5-11)10(12)14/h2-3,6,13H,4-5H2,1H3. The molecule has 3 nitrogen and oxygen atoms in total. The molecule has 3 rings (SSSR count). The number of amides is 1. The minimum absolute atomic E-state index is 0.179. The van der Waals surface area contributed by atoms with Crippen LogP contribution in [-0.2, 0) is 10.2 Å². The summed E-state index contributed by atoms with van der Waals surface area (Å²) in [5.41, 5.74) is 1.73. The Bertz CT molecular complexity index is 435. The van der Waals surface area contributed by atoms with Crippen LogP contribution in [0.3, 0.4) is 0 Å². The SMILES string of the molecule is CN1C(=O)C2(CC2)c2ccc(O)cc21. The Labute approximate surface area is 82.0 Å². The van der Waals surface area contributed by atoms with Crippen LogP contribution in [0.2, 0.25) is 0 Å². The van der Waals surface area contributed by atoms with Crippen LogP contribution in [0.25, 0.3) is 0 Å². The molecule has 0 radical (unpaired) electrons. The fourth-order valence-electron chi connectivity index (χ4n) is 2.36. The first-order valence-electron chi connectivity index (χ1n) is 4.77. The van der Waals surface area contributed by atoms with E-state index in [0.29, 0.717) is 0 Å². The van der Waals surface area contributed by atoms with Crippen molar-refractivity contribution in [2.45, 2.75) is 18.3 Å². The number of benzene rings is 1. The molecule has 1 aliphatic heterocycles. The fraction of sp³-hybridized carbons (Fsp3) is 0.364. The number of anilines is 1. The van der Waals surface area contributed by atoms with Gasteiger partial charge in [0.25, 0.3) is 0 Å². The Hall–Kier alpha value is -1.51. The lowest BCUT2D eigenvalue weighted by Gasteiger charge is -2.09. The van der Waals surface area contributed by atoms with Crippen molar-refractivity contribution in [3.8, 4) is 5.75 Å². The van der Waals surface area contributed by atoms with Crippen molar-refractivity contribution in [1.29, 1.82) is 0 Å². The summed E-state index contributed by atoms with van der Waals surface area (Å²) < 4.78 is 0. The predicted octanol–water partition coefficient (Wildman–Crippen LogP) is 1.40. The summed E-state index contributed by atoms with van der Waals surface area (Å²) in [7, 11) is 1.77. The Morgan fingerprint density at radius 1 is 1.43 bits per heavy atom. The van der Waals surface area contributed by atoms with Gasteiger partial charge in [0.05, 0.1) is 11.1 Å². The predicted molar refractivity (Wildman–Crippen MR) is 52.4 cm³/mol. The lowest BCUT2D eigenvalue weighted by Crippen LogP contribution is -2.27. The number of likely N-dealkylation sites (N-methyl/N-ethyl adjacent to an activating group) is 1. The van der Waals surface area contributed by atoms with Gasteiger partial charge < -0.3 is 10.0 Å². The van der Waals surface area contributed by atoms with E-state index in [9.17, 15) is 9.90 Å². The summed E-state index contributed by atoms with van der Waals surface area (Å²) in [4.78, 5) is 13.6. The zero-order valence-electron chi connectivity index (χ0n) is 7.95. The van der Waals surface area contributed by atoms with Gasteiger partial charge in [0.15, 0.2) is 0 Å². The molecule has 0 saturated heterocycles. The molecule has 1 fully saturated rings. The topological polar surface area (TPSA) is 40.5 Å². The zero-order chi connectivity index (χ0) is 9.92. The molecule has 3 heteroatoms. The Balaban J connectivity index is 2.26. The lowest BCUT2D eigenvalue weighted by molar-refractivity contribution is -0.119. The van der Waals surface area contributed by atoms with Gasteiger partial charge in [-0.3, -0.25) is 4.79 Å². The van der Waals surface area contributed by atoms with E-state index in [4.69, 9.17) is 0 Å².